The highest BCUT2D eigenvalue weighted by molar-refractivity contribution is 7.91. The van der Waals surface area contributed by atoms with E-state index in [1.165, 1.54) is 17.7 Å². The summed E-state index contributed by atoms with van der Waals surface area (Å²) in [5, 5.41) is 21.3. The highest BCUT2D eigenvalue weighted by Crippen LogP contribution is 2.38. The highest BCUT2D eigenvalue weighted by atomic mass is 32.2. The average Bonchev–Trinajstić information content (AvgIpc) is 3.29. The molecule has 0 spiro atoms. The average molecular weight is 460 g/mol. The molecule has 2 aromatic rings. The number of halogens is 3. The minimum absolute atomic E-state index is 0.0393. The summed E-state index contributed by atoms with van der Waals surface area (Å²) in [6.45, 7) is 4.38. The number of carbonyl (C=O) groups is 1. The molecule has 1 aliphatic carbocycles. The maximum Gasteiger partial charge on any atom is 0.433 e. The zero-order valence-corrected chi connectivity index (χ0v) is 18.0. The monoisotopic (exact) mass is 460 g/mol. The van der Waals surface area contributed by atoms with Gasteiger partial charge in [-0.2, -0.15) is 18.3 Å². The summed E-state index contributed by atoms with van der Waals surface area (Å²) in [5.41, 5.74) is -0.264. The maximum absolute atomic E-state index is 13.4. The standard InChI is InChI=1S/C18H23F3N6O3S/c1-9(2)27-11(8-28)7-14(25-27)31(22,30)26-17(29)24-15-10(3)16(18(19,20)21)23-13-6-4-5-12(13)15/h7,9,28H,4-6,8H2,1-3H3,(H3,22,23,24,26,29,30). The van der Waals surface area contributed by atoms with E-state index in [1.807, 2.05) is 0 Å². The SMILES string of the molecule is Cc1c(C(F)(F)F)nc2c(c1NC(=O)N=S(N)(=O)c1cc(CO)n(C(C)C)n1)CCC2. The first-order valence-corrected chi connectivity index (χ1v) is 11.1. The number of rotatable bonds is 4. The fourth-order valence-corrected chi connectivity index (χ4v) is 4.44. The van der Waals surface area contributed by atoms with Gasteiger partial charge in [0.05, 0.1) is 18.0 Å². The number of fused-ring (bicyclic) bond motifs is 1. The van der Waals surface area contributed by atoms with E-state index in [1.54, 1.807) is 13.8 Å². The molecular formula is C18H23F3N6O3S. The van der Waals surface area contributed by atoms with E-state index in [9.17, 15) is 27.3 Å². The van der Waals surface area contributed by atoms with Crippen LogP contribution in [0.15, 0.2) is 15.5 Å². The number of alkyl halides is 3. The van der Waals surface area contributed by atoms with Crippen LogP contribution in [-0.2, 0) is 35.5 Å². The van der Waals surface area contributed by atoms with Gasteiger partial charge in [-0.3, -0.25) is 4.68 Å². The second kappa shape index (κ2) is 8.20. The Morgan fingerprint density at radius 3 is 2.65 bits per heavy atom. The molecule has 0 radical (unpaired) electrons. The van der Waals surface area contributed by atoms with Crippen molar-refractivity contribution in [2.24, 2.45) is 9.50 Å². The Balaban J connectivity index is 2.00. The fourth-order valence-electron chi connectivity index (χ4n) is 3.54. The number of urea groups is 1. The number of aryl methyl sites for hydroxylation is 1. The number of aromatic nitrogens is 3. The van der Waals surface area contributed by atoms with E-state index in [0.717, 1.165) is 0 Å². The molecule has 2 aromatic heterocycles. The Morgan fingerprint density at radius 1 is 1.42 bits per heavy atom. The van der Waals surface area contributed by atoms with Crippen LogP contribution in [0.2, 0.25) is 0 Å². The molecule has 1 unspecified atom stereocenters. The Labute approximate surface area is 177 Å². The predicted molar refractivity (Wildman–Crippen MR) is 107 cm³/mol. The Morgan fingerprint density at radius 2 is 2.10 bits per heavy atom. The van der Waals surface area contributed by atoms with Gasteiger partial charge in [-0.15, -0.1) is 4.36 Å². The molecule has 2 amide bonds. The van der Waals surface area contributed by atoms with Crippen molar-refractivity contribution in [3.63, 3.8) is 0 Å². The number of hydrogen-bond donors (Lipinski definition) is 3. The number of aliphatic hydroxyl groups excluding tert-OH is 1. The van der Waals surface area contributed by atoms with Gasteiger partial charge >= 0.3 is 12.2 Å². The second-order valence-electron chi connectivity index (χ2n) is 7.50. The van der Waals surface area contributed by atoms with Gasteiger partial charge in [-0.25, -0.2) is 19.1 Å². The highest BCUT2D eigenvalue weighted by Gasteiger charge is 2.38. The summed E-state index contributed by atoms with van der Waals surface area (Å²) in [4.78, 5) is 16.2. The smallest absolute Gasteiger partial charge is 0.390 e. The van der Waals surface area contributed by atoms with Crippen LogP contribution in [0.1, 0.15) is 54.5 Å². The van der Waals surface area contributed by atoms with Crippen LogP contribution in [0, 0.1) is 6.92 Å². The van der Waals surface area contributed by atoms with E-state index in [0.29, 0.717) is 30.5 Å². The number of nitrogens with two attached hydrogens (primary N) is 1. The number of hydrogen-bond acceptors (Lipinski definition) is 5. The van der Waals surface area contributed by atoms with Crippen LogP contribution in [0.25, 0.3) is 0 Å². The largest absolute Gasteiger partial charge is 0.433 e. The van der Waals surface area contributed by atoms with Crippen LogP contribution in [0.3, 0.4) is 0 Å². The van der Waals surface area contributed by atoms with Gasteiger partial charge in [0.15, 0.2) is 14.9 Å². The van der Waals surface area contributed by atoms with Crippen molar-refractivity contribution in [1.82, 2.24) is 14.8 Å². The van der Waals surface area contributed by atoms with E-state index in [2.05, 4.69) is 19.8 Å². The molecule has 0 saturated carbocycles. The molecule has 170 valence electrons. The summed E-state index contributed by atoms with van der Waals surface area (Å²) < 4.78 is 57.8. The first kappa shape index (κ1) is 23.2. The molecule has 0 fully saturated rings. The van der Waals surface area contributed by atoms with E-state index in [-0.39, 0.29) is 28.0 Å². The van der Waals surface area contributed by atoms with Gasteiger partial charge in [0.25, 0.3) is 0 Å². The van der Waals surface area contributed by atoms with E-state index in [4.69, 9.17) is 5.14 Å². The van der Waals surface area contributed by atoms with E-state index >= 15 is 0 Å². The quantitative estimate of drug-likeness (QED) is 0.644. The zero-order chi connectivity index (χ0) is 23.1. The van der Waals surface area contributed by atoms with Crippen molar-refractivity contribution in [3.8, 4) is 0 Å². The number of carbonyl (C=O) groups excluding carboxylic acids is 1. The lowest BCUT2D eigenvalue weighted by Gasteiger charge is -2.17. The number of nitrogens with one attached hydrogen (secondary N) is 1. The number of pyridine rings is 1. The van der Waals surface area contributed by atoms with Crippen LogP contribution in [0.5, 0.6) is 0 Å². The van der Waals surface area contributed by atoms with Crippen molar-refractivity contribution in [2.75, 3.05) is 5.32 Å². The zero-order valence-electron chi connectivity index (χ0n) is 17.2. The third-order valence-corrected chi connectivity index (χ3v) is 6.16. The molecule has 13 heteroatoms. The molecule has 2 heterocycles. The van der Waals surface area contributed by atoms with Crippen molar-refractivity contribution in [1.29, 1.82) is 0 Å². The lowest BCUT2D eigenvalue weighted by atomic mass is 10.1. The Hall–Kier alpha value is -2.51. The fraction of sp³-hybridized carbons (Fsp3) is 0.500. The van der Waals surface area contributed by atoms with Crippen molar-refractivity contribution < 1.29 is 27.3 Å². The van der Waals surface area contributed by atoms with Crippen LogP contribution >= 0.6 is 0 Å². The molecule has 4 N–H and O–H groups in total. The number of amides is 2. The van der Waals surface area contributed by atoms with Gasteiger partial charge in [0.2, 0.25) is 0 Å². The van der Waals surface area contributed by atoms with Gasteiger partial charge in [0.1, 0.15) is 5.69 Å². The number of aliphatic hydroxyl groups is 1. The van der Waals surface area contributed by atoms with Crippen molar-refractivity contribution >= 4 is 21.6 Å². The van der Waals surface area contributed by atoms with Gasteiger partial charge in [-0.05, 0) is 45.6 Å². The summed E-state index contributed by atoms with van der Waals surface area (Å²) in [5.74, 6) is 0. The lowest BCUT2D eigenvalue weighted by molar-refractivity contribution is -0.141. The molecule has 1 atom stereocenters. The minimum atomic E-state index is -4.69. The van der Waals surface area contributed by atoms with Gasteiger partial charge in [-0.1, -0.05) is 0 Å². The third-order valence-electron chi connectivity index (χ3n) is 4.93. The van der Waals surface area contributed by atoms with Crippen LogP contribution < -0.4 is 10.5 Å². The first-order chi connectivity index (χ1) is 14.3. The molecular weight excluding hydrogens is 437 g/mol. The van der Waals surface area contributed by atoms with Crippen molar-refractivity contribution in [3.05, 3.63) is 34.3 Å². The number of nitrogens with zero attached hydrogens (tertiary/aromatic N) is 4. The maximum atomic E-state index is 13.4. The molecule has 1 aliphatic rings. The first-order valence-electron chi connectivity index (χ1n) is 9.50. The Bertz CT molecular complexity index is 1150. The van der Waals surface area contributed by atoms with Crippen LogP contribution in [0.4, 0.5) is 23.7 Å². The van der Waals surface area contributed by atoms with E-state index < -0.39 is 34.4 Å². The Kier molecular flexibility index (Phi) is 6.13. The molecule has 0 aromatic carbocycles. The molecule has 0 aliphatic heterocycles. The minimum Gasteiger partial charge on any atom is -0.390 e. The summed E-state index contributed by atoms with van der Waals surface area (Å²) in [6.07, 6.45) is -3.27. The van der Waals surface area contributed by atoms with Gasteiger partial charge < -0.3 is 10.4 Å². The van der Waals surface area contributed by atoms with Crippen molar-refractivity contribution in [2.45, 2.75) is 63.9 Å². The summed E-state index contributed by atoms with van der Waals surface area (Å²) in [6, 6.07) is -0.0626. The normalized spacial score (nSPS) is 15.6. The molecule has 0 bridgehead atoms. The predicted octanol–water partition coefficient (Wildman–Crippen LogP) is 3.10. The molecule has 3 rings (SSSR count). The number of anilines is 1. The van der Waals surface area contributed by atoms with Crippen LogP contribution in [-0.4, -0.2) is 30.1 Å². The molecule has 31 heavy (non-hydrogen) atoms. The molecule has 0 saturated heterocycles. The second-order valence-corrected chi connectivity index (χ2v) is 9.24. The lowest BCUT2D eigenvalue weighted by Crippen LogP contribution is -2.21. The summed E-state index contributed by atoms with van der Waals surface area (Å²) in [7, 11) is -3.81. The van der Waals surface area contributed by atoms with Gasteiger partial charge in [0, 0.05) is 23.4 Å². The summed E-state index contributed by atoms with van der Waals surface area (Å²) >= 11 is 0. The molecule has 9 nitrogen and oxygen atoms in total. The topological polar surface area (TPSA) is 135 Å². The third kappa shape index (κ3) is 4.57.